The smallest absolute Gasteiger partial charge is 0.393 e. The van der Waals surface area contributed by atoms with E-state index < -0.39 is 16.7 Å². The molecule has 22 heavy (non-hydrogen) atoms. The van der Waals surface area contributed by atoms with Gasteiger partial charge in [-0.2, -0.15) is 13.2 Å². The number of nitro groups is 1. The number of nitro benzene ring substituents is 1. The van der Waals surface area contributed by atoms with E-state index in [-0.39, 0.29) is 17.9 Å². The van der Waals surface area contributed by atoms with Crippen LogP contribution in [0, 0.1) is 10.1 Å². The van der Waals surface area contributed by atoms with Gasteiger partial charge >= 0.3 is 6.18 Å². The van der Waals surface area contributed by atoms with Crippen LogP contribution in [0.25, 0.3) is 0 Å². The molecule has 0 aromatic heterocycles. The minimum Gasteiger partial charge on any atom is -0.393 e. The number of nitrogen functional groups attached to an aromatic ring is 1. The van der Waals surface area contributed by atoms with Gasteiger partial charge in [0.2, 0.25) is 0 Å². The van der Waals surface area contributed by atoms with Crippen LogP contribution in [0.3, 0.4) is 0 Å². The third-order valence-electron chi connectivity index (χ3n) is 3.01. The topological polar surface area (TPSA) is 81.2 Å². The van der Waals surface area contributed by atoms with Crippen LogP contribution in [0.2, 0.25) is 0 Å². The zero-order valence-electron chi connectivity index (χ0n) is 11.2. The van der Waals surface area contributed by atoms with Crippen LogP contribution in [0.5, 0.6) is 0 Å². The first-order chi connectivity index (χ1) is 10.3. The van der Waals surface area contributed by atoms with E-state index in [0.717, 1.165) is 12.1 Å². The van der Waals surface area contributed by atoms with Crippen molar-refractivity contribution in [3.63, 3.8) is 0 Å². The Morgan fingerprint density at radius 2 is 1.77 bits per heavy atom. The molecule has 2 rings (SSSR count). The molecule has 0 aliphatic heterocycles. The highest BCUT2D eigenvalue weighted by Gasteiger charge is 2.29. The second-order valence-corrected chi connectivity index (χ2v) is 4.58. The molecule has 2 aromatic rings. The van der Waals surface area contributed by atoms with Gasteiger partial charge in [-0.05, 0) is 29.8 Å². The number of hydrogen-bond donors (Lipinski definition) is 2. The van der Waals surface area contributed by atoms with Gasteiger partial charge < -0.3 is 11.1 Å². The van der Waals surface area contributed by atoms with Crippen molar-refractivity contribution in [2.45, 2.75) is 12.7 Å². The fraction of sp³-hybridized carbons (Fsp3) is 0.143. The van der Waals surface area contributed by atoms with E-state index in [4.69, 9.17) is 5.73 Å². The summed E-state index contributed by atoms with van der Waals surface area (Å²) >= 11 is 0. The van der Waals surface area contributed by atoms with E-state index in [1.165, 1.54) is 24.3 Å². The van der Waals surface area contributed by atoms with E-state index in [1.54, 1.807) is 6.07 Å². The van der Waals surface area contributed by atoms with Crippen molar-refractivity contribution >= 4 is 17.1 Å². The standard InChI is InChI=1S/C14H12F3N3O2/c15-14(16,17)10-3-1-9(2-4-10)8-19-11-5-6-12(18)13(7-11)20(21)22/h1-7,19H,8,18H2. The number of benzene rings is 2. The number of nitrogens with one attached hydrogen (secondary N) is 1. The van der Waals surface area contributed by atoms with Crippen molar-refractivity contribution in [2.24, 2.45) is 0 Å². The predicted octanol–water partition coefficient (Wildman–Crippen LogP) is 3.81. The lowest BCUT2D eigenvalue weighted by molar-refractivity contribution is -0.383. The van der Waals surface area contributed by atoms with Gasteiger partial charge in [0.25, 0.3) is 5.69 Å². The Morgan fingerprint density at radius 3 is 2.32 bits per heavy atom. The SMILES string of the molecule is Nc1ccc(NCc2ccc(C(F)(F)F)cc2)cc1[N+](=O)[O-]. The van der Waals surface area contributed by atoms with Crippen LogP contribution in [0.1, 0.15) is 11.1 Å². The maximum atomic E-state index is 12.4. The second-order valence-electron chi connectivity index (χ2n) is 4.58. The molecule has 0 atom stereocenters. The molecule has 2 aromatic carbocycles. The Kier molecular flexibility index (Phi) is 4.20. The number of nitrogens with two attached hydrogens (primary N) is 1. The fourth-order valence-electron chi connectivity index (χ4n) is 1.83. The summed E-state index contributed by atoms with van der Waals surface area (Å²) < 4.78 is 37.3. The maximum Gasteiger partial charge on any atom is 0.416 e. The van der Waals surface area contributed by atoms with Crippen LogP contribution < -0.4 is 11.1 Å². The Morgan fingerprint density at radius 1 is 1.14 bits per heavy atom. The van der Waals surface area contributed by atoms with Gasteiger partial charge in [0.1, 0.15) is 5.69 Å². The number of nitrogens with zero attached hydrogens (tertiary/aromatic N) is 1. The van der Waals surface area contributed by atoms with E-state index in [0.29, 0.717) is 11.3 Å². The first-order valence-electron chi connectivity index (χ1n) is 6.21. The van der Waals surface area contributed by atoms with Gasteiger partial charge in [0, 0.05) is 18.3 Å². The van der Waals surface area contributed by atoms with Crippen LogP contribution >= 0.6 is 0 Å². The maximum absolute atomic E-state index is 12.4. The van der Waals surface area contributed by atoms with Crippen LogP contribution in [0.4, 0.5) is 30.2 Å². The van der Waals surface area contributed by atoms with Crippen molar-refractivity contribution in [1.29, 1.82) is 0 Å². The van der Waals surface area contributed by atoms with Crippen molar-refractivity contribution in [3.8, 4) is 0 Å². The zero-order chi connectivity index (χ0) is 16.3. The van der Waals surface area contributed by atoms with Crippen molar-refractivity contribution in [1.82, 2.24) is 0 Å². The lowest BCUT2D eigenvalue weighted by atomic mass is 10.1. The summed E-state index contributed by atoms with van der Waals surface area (Å²) in [6, 6.07) is 8.91. The summed E-state index contributed by atoms with van der Waals surface area (Å²) in [6.07, 6.45) is -4.37. The monoisotopic (exact) mass is 311 g/mol. The van der Waals surface area contributed by atoms with E-state index in [2.05, 4.69) is 5.32 Å². The van der Waals surface area contributed by atoms with Crippen LogP contribution in [0.15, 0.2) is 42.5 Å². The molecule has 0 saturated carbocycles. The molecule has 0 unspecified atom stereocenters. The van der Waals surface area contributed by atoms with Gasteiger partial charge in [-0.25, -0.2) is 0 Å². The molecule has 3 N–H and O–H groups in total. The number of rotatable bonds is 4. The van der Waals surface area contributed by atoms with Gasteiger partial charge in [0.15, 0.2) is 0 Å². The lowest BCUT2D eigenvalue weighted by Gasteiger charge is -2.09. The second kappa shape index (κ2) is 5.92. The molecular weight excluding hydrogens is 299 g/mol. The molecule has 116 valence electrons. The Balaban J connectivity index is 2.07. The fourth-order valence-corrected chi connectivity index (χ4v) is 1.83. The van der Waals surface area contributed by atoms with Crippen LogP contribution in [-0.4, -0.2) is 4.92 Å². The number of halogens is 3. The minimum atomic E-state index is -4.37. The highest BCUT2D eigenvalue weighted by Crippen LogP contribution is 2.29. The highest BCUT2D eigenvalue weighted by molar-refractivity contribution is 5.65. The first kappa shape index (κ1) is 15.6. The molecule has 0 saturated heterocycles. The Bertz CT molecular complexity index is 685. The van der Waals surface area contributed by atoms with E-state index in [9.17, 15) is 23.3 Å². The molecule has 0 amide bonds. The molecule has 0 radical (unpaired) electrons. The molecule has 5 nitrogen and oxygen atoms in total. The number of alkyl halides is 3. The zero-order valence-corrected chi connectivity index (χ0v) is 11.2. The van der Waals surface area contributed by atoms with Gasteiger partial charge in [0.05, 0.1) is 10.5 Å². The molecule has 0 fully saturated rings. The van der Waals surface area contributed by atoms with Crippen molar-refractivity contribution < 1.29 is 18.1 Å². The van der Waals surface area contributed by atoms with E-state index >= 15 is 0 Å². The normalized spacial score (nSPS) is 11.2. The summed E-state index contributed by atoms with van der Waals surface area (Å²) in [6.45, 7) is 0.235. The van der Waals surface area contributed by atoms with Crippen molar-refractivity contribution in [3.05, 3.63) is 63.7 Å². The van der Waals surface area contributed by atoms with Gasteiger partial charge in [-0.1, -0.05) is 12.1 Å². The first-order valence-corrected chi connectivity index (χ1v) is 6.21. The largest absolute Gasteiger partial charge is 0.416 e. The lowest BCUT2D eigenvalue weighted by Crippen LogP contribution is -2.06. The molecule has 0 spiro atoms. The number of anilines is 2. The Hall–Kier alpha value is -2.77. The summed E-state index contributed by atoms with van der Waals surface area (Å²) in [5.41, 5.74) is 5.66. The highest BCUT2D eigenvalue weighted by atomic mass is 19.4. The predicted molar refractivity (Wildman–Crippen MR) is 76.3 cm³/mol. The van der Waals surface area contributed by atoms with E-state index in [1.807, 2.05) is 0 Å². The number of hydrogen-bond acceptors (Lipinski definition) is 4. The van der Waals surface area contributed by atoms with Gasteiger partial charge in [-0.15, -0.1) is 0 Å². The molecule has 8 heteroatoms. The molecule has 0 bridgehead atoms. The summed E-state index contributed by atoms with van der Waals surface area (Å²) in [4.78, 5) is 10.2. The van der Waals surface area contributed by atoms with Crippen LogP contribution in [-0.2, 0) is 12.7 Å². The van der Waals surface area contributed by atoms with Crippen molar-refractivity contribution in [2.75, 3.05) is 11.1 Å². The quantitative estimate of drug-likeness (QED) is 0.511. The van der Waals surface area contributed by atoms with Gasteiger partial charge in [-0.3, -0.25) is 10.1 Å². The Labute approximate surface area is 123 Å². The molecular formula is C14H12F3N3O2. The average Bonchev–Trinajstić information content (AvgIpc) is 2.45. The molecule has 0 aliphatic rings. The summed E-state index contributed by atoms with van der Waals surface area (Å²) in [7, 11) is 0. The third kappa shape index (κ3) is 3.66. The third-order valence-corrected chi connectivity index (χ3v) is 3.01. The molecule has 0 aliphatic carbocycles. The summed E-state index contributed by atoms with van der Waals surface area (Å²) in [5.74, 6) is 0. The summed E-state index contributed by atoms with van der Waals surface area (Å²) in [5, 5.41) is 13.7. The minimum absolute atomic E-state index is 0.0464. The molecule has 0 heterocycles. The average molecular weight is 311 g/mol.